The van der Waals surface area contributed by atoms with Gasteiger partial charge in [-0.1, -0.05) is 24.3 Å². The first-order chi connectivity index (χ1) is 9.13. The van der Waals surface area contributed by atoms with Crippen molar-refractivity contribution >= 4 is 5.97 Å². The second-order valence-corrected chi connectivity index (χ2v) is 4.09. The van der Waals surface area contributed by atoms with Crippen molar-refractivity contribution in [1.82, 2.24) is 0 Å². The van der Waals surface area contributed by atoms with Crippen LogP contribution < -0.4 is 0 Å². The molecule has 0 radical (unpaired) electrons. The van der Waals surface area contributed by atoms with E-state index in [2.05, 4.69) is 0 Å². The summed E-state index contributed by atoms with van der Waals surface area (Å²) in [7, 11) is 1.51. The Morgan fingerprint density at radius 3 is 2.58 bits per heavy atom. The molecule has 0 amide bonds. The van der Waals surface area contributed by atoms with Gasteiger partial charge in [-0.25, -0.2) is 9.18 Å². The molecule has 0 atom stereocenters. The number of ether oxygens (including phenoxy) is 1. The Morgan fingerprint density at radius 1 is 1.21 bits per heavy atom. The van der Waals surface area contributed by atoms with Gasteiger partial charge in [0.05, 0.1) is 12.2 Å². The molecule has 0 saturated carbocycles. The van der Waals surface area contributed by atoms with Crippen molar-refractivity contribution in [2.24, 2.45) is 0 Å². The molecule has 2 aromatic rings. The highest BCUT2D eigenvalue weighted by atomic mass is 19.1. The normalized spacial score (nSPS) is 10.4. The maximum Gasteiger partial charge on any atom is 0.335 e. The molecule has 0 bridgehead atoms. The summed E-state index contributed by atoms with van der Waals surface area (Å²) in [6.45, 7) is 0.227. The van der Waals surface area contributed by atoms with Gasteiger partial charge in [0.2, 0.25) is 0 Å². The van der Waals surface area contributed by atoms with Gasteiger partial charge in [-0.05, 0) is 29.3 Å². The monoisotopic (exact) mass is 260 g/mol. The first-order valence-corrected chi connectivity index (χ1v) is 5.73. The fourth-order valence-electron chi connectivity index (χ4n) is 1.94. The minimum atomic E-state index is -1.02. The molecule has 2 aromatic carbocycles. The quantitative estimate of drug-likeness (QED) is 0.917. The van der Waals surface area contributed by atoms with E-state index in [1.165, 1.54) is 25.3 Å². The molecule has 0 aliphatic rings. The van der Waals surface area contributed by atoms with Gasteiger partial charge < -0.3 is 9.84 Å². The van der Waals surface area contributed by atoms with E-state index >= 15 is 0 Å². The third-order valence-electron chi connectivity index (χ3n) is 2.82. The van der Waals surface area contributed by atoms with Crippen molar-refractivity contribution < 1.29 is 19.0 Å². The lowest BCUT2D eigenvalue weighted by Gasteiger charge is -2.11. The summed E-state index contributed by atoms with van der Waals surface area (Å²) < 4.78 is 18.8. The Morgan fingerprint density at radius 2 is 1.95 bits per heavy atom. The topological polar surface area (TPSA) is 46.5 Å². The average molecular weight is 260 g/mol. The lowest BCUT2D eigenvalue weighted by atomic mass is 9.97. The van der Waals surface area contributed by atoms with E-state index in [0.717, 1.165) is 0 Å². The number of halogens is 1. The smallest absolute Gasteiger partial charge is 0.335 e. The second-order valence-electron chi connectivity index (χ2n) is 4.09. The van der Waals surface area contributed by atoms with Crippen LogP contribution in [0.4, 0.5) is 4.39 Å². The summed E-state index contributed by atoms with van der Waals surface area (Å²) >= 11 is 0. The number of carboxylic acids is 1. The number of benzene rings is 2. The third kappa shape index (κ3) is 2.80. The Labute approximate surface area is 110 Å². The summed E-state index contributed by atoms with van der Waals surface area (Å²) in [4.78, 5) is 11.0. The number of aromatic carboxylic acids is 1. The highest BCUT2D eigenvalue weighted by Crippen LogP contribution is 2.27. The zero-order valence-electron chi connectivity index (χ0n) is 10.4. The van der Waals surface area contributed by atoms with Gasteiger partial charge >= 0.3 is 5.97 Å². The maximum absolute atomic E-state index is 13.8. The minimum absolute atomic E-state index is 0.159. The molecular formula is C15H13FO3. The molecule has 3 nitrogen and oxygen atoms in total. The van der Waals surface area contributed by atoms with Crippen LogP contribution in [0.5, 0.6) is 0 Å². The lowest BCUT2D eigenvalue weighted by molar-refractivity contribution is 0.0696. The van der Waals surface area contributed by atoms with Crippen molar-refractivity contribution in [1.29, 1.82) is 0 Å². The molecule has 2 rings (SSSR count). The SMILES string of the molecule is COCc1cc(C(=O)O)ccc1-c1ccccc1F. The Balaban J connectivity index is 2.57. The second kappa shape index (κ2) is 5.63. The molecule has 0 unspecified atom stereocenters. The van der Waals surface area contributed by atoms with Crippen LogP contribution in [0, 0.1) is 5.82 Å². The van der Waals surface area contributed by atoms with Crippen LogP contribution in [0.1, 0.15) is 15.9 Å². The van der Waals surface area contributed by atoms with E-state index in [-0.39, 0.29) is 18.0 Å². The summed E-state index contributed by atoms with van der Waals surface area (Å²) in [5.41, 5.74) is 1.89. The first kappa shape index (κ1) is 13.2. The molecular weight excluding hydrogens is 247 g/mol. The van der Waals surface area contributed by atoms with Gasteiger partial charge in [0.1, 0.15) is 5.82 Å². The fraction of sp³-hybridized carbons (Fsp3) is 0.133. The van der Waals surface area contributed by atoms with Gasteiger partial charge in [-0.2, -0.15) is 0 Å². The van der Waals surface area contributed by atoms with E-state index in [1.54, 1.807) is 24.3 Å². The predicted molar refractivity (Wildman–Crippen MR) is 69.5 cm³/mol. The van der Waals surface area contributed by atoms with Gasteiger partial charge in [0, 0.05) is 12.7 Å². The van der Waals surface area contributed by atoms with E-state index in [4.69, 9.17) is 9.84 Å². The standard InChI is InChI=1S/C15H13FO3/c1-19-9-11-8-10(15(17)18)6-7-12(11)13-4-2-3-5-14(13)16/h2-8H,9H2,1H3,(H,17,18). The molecule has 4 heteroatoms. The number of methoxy groups -OCH3 is 1. The number of carboxylic acid groups (broad SMARTS) is 1. The predicted octanol–water partition coefficient (Wildman–Crippen LogP) is 3.34. The molecule has 19 heavy (non-hydrogen) atoms. The molecule has 0 aromatic heterocycles. The highest BCUT2D eigenvalue weighted by molar-refractivity contribution is 5.89. The third-order valence-corrected chi connectivity index (χ3v) is 2.82. The average Bonchev–Trinajstić information content (AvgIpc) is 2.40. The molecule has 0 aliphatic carbocycles. The molecule has 0 saturated heterocycles. The minimum Gasteiger partial charge on any atom is -0.478 e. The van der Waals surface area contributed by atoms with Crippen molar-refractivity contribution in [3.8, 4) is 11.1 Å². The molecule has 0 spiro atoms. The summed E-state index contributed by atoms with van der Waals surface area (Å²) in [5, 5.41) is 8.98. The Bertz CT molecular complexity index is 608. The van der Waals surface area contributed by atoms with Crippen LogP contribution in [0.25, 0.3) is 11.1 Å². The fourth-order valence-corrected chi connectivity index (χ4v) is 1.94. The van der Waals surface area contributed by atoms with Crippen LogP contribution >= 0.6 is 0 Å². The van der Waals surface area contributed by atoms with Crippen LogP contribution in [-0.4, -0.2) is 18.2 Å². The molecule has 0 aliphatic heterocycles. The van der Waals surface area contributed by atoms with Crippen LogP contribution in [0.15, 0.2) is 42.5 Å². The largest absolute Gasteiger partial charge is 0.478 e. The van der Waals surface area contributed by atoms with Gasteiger partial charge in [0.25, 0.3) is 0 Å². The molecule has 0 heterocycles. The van der Waals surface area contributed by atoms with Crippen molar-refractivity contribution in [2.45, 2.75) is 6.61 Å². The van der Waals surface area contributed by atoms with Crippen molar-refractivity contribution in [3.05, 3.63) is 59.4 Å². The number of rotatable bonds is 4. The zero-order valence-corrected chi connectivity index (χ0v) is 10.4. The summed E-state index contributed by atoms with van der Waals surface area (Å²) in [6.07, 6.45) is 0. The highest BCUT2D eigenvalue weighted by Gasteiger charge is 2.12. The molecule has 98 valence electrons. The van der Waals surface area contributed by atoms with E-state index in [0.29, 0.717) is 16.7 Å². The summed E-state index contributed by atoms with van der Waals surface area (Å²) in [5.74, 6) is -1.36. The number of hydrogen-bond acceptors (Lipinski definition) is 2. The summed E-state index contributed by atoms with van der Waals surface area (Å²) in [6, 6.07) is 11.0. The van der Waals surface area contributed by atoms with Crippen molar-refractivity contribution in [3.63, 3.8) is 0 Å². The van der Waals surface area contributed by atoms with E-state index in [1.807, 2.05) is 0 Å². The number of hydrogen-bond donors (Lipinski definition) is 1. The Hall–Kier alpha value is -2.20. The number of carbonyl (C=O) groups is 1. The van der Waals surface area contributed by atoms with Crippen LogP contribution in [-0.2, 0) is 11.3 Å². The zero-order chi connectivity index (χ0) is 13.8. The Kier molecular flexibility index (Phi) is 3.92. The first-order valence-electron chi connectivity index (χ1n) is 5.73. The van der Waals surface area contributed by atoms with Crippen LogP contribution in [0.2, 0.25) is 0 Å². The van der Waals surface area contributed by atoms with Gasteiger partial charge in [-0.3, -0.25) is 0 Å². The molecule has 1 N–H and O–H groups in total. The van der Waals surface area contributed by atoms with Gasteiger partial charge in [-0.15, -0.1) is 0 Å². The maximum atomic E-state index is 13.8. The molecule has 0 fully saturated rings. The van der Waals surface area contributed by atoms with Gasteiger partial charge in [0.15, 0.2) is 0 Å². The van der Waals surface area contributed by atoms with Crippen LogP contribution in [0.3, 0.4) is 0 Å². The van der Waals surface area contributed by atoms with Crippen molar-refractivity contribution in [2.75, 3.05) is 7.11 Å². The lowest BCUT2D eigenvalue weighted by Crippen LogP contribution is -2.01. The van der Waals surface area contributed by atoms with E-state index < -0.39 is 5.97 Å². The van der Waals surface area contributed by atoms with E-state index in [9.17, 15) is 9.18 Å².